The first-order valence-corrected chi connectivity index (χ1v) is 8.07. The fourth-order valence-electron chi connectivity index (χ4n) is 2.51. The maximum atomic E-state index is 12.0. The summed E-state index contributed by atoms with van der Waals surface area (Å²) < 4.78 is 4.91. The second-order valence-electron chi connectivity index (χ2n) is 4.81. The number of methoxy groups -OCH3 is 1. The van der Waals surface area contributed by atoms with Gasteiger partial charge in [-0.15, -0.1) is 11.3 Å². The van der Waals surface area contributed by atoms with Crippen molar-refractivity contribution in [1.29, 1.82) is 0 Å². The highest BCUT2D eigenvalue weighted by molar-refractivity contribution is 7.80. The molecule has 110 valence electrons. The summed E-state index contributed by atoms with van der Waals surface area (Å²) in [6.45, 7) is 6.05. The average Bonchev–Trinajstić information content (AvgIpc) is 3.05. The summed E-state index contributed by atoms with van der Waals surface area (Å²) in [5.41, 5.74) is 1.69. The maximum absolute atomic E-state index is 12.0. The number of thiocarbonyl (C=S) groups is 1. The summed E-state index contributed by atoms with van der Waals surface area (Å²) in [6.07, 6.45) is 3.16. The molecule has 1 aliphatic heterocycles. The number of hydrogen-bond donors (Lipinski definition) is 1. The Balaban J connectivity index is 2.26. The van der Waals surface area contributed by atoms with Gasteiger partial charge in [-0.2, -0.15) is 0 Å². The predicted molar refractivity (Wildman–Crippen MR) is 86.8 cm³/mol. The topological polar surface area (TPSA) is 41.6 Å². The van der Waals surface area contributed by atoms with Crippen LogP contribution in [0.25, 0.3) is 0 Å². The third kappa shape index (κ3) is 2.96. The quantitative estimate of drug-likeness (QED) is 0.686. The van der Waals surface area contributed by atoms with Gasteiger partial charge in [0, 0.05) is 18.0 Å². The molecular formula is C14H20N2O2S2. The highest BCUT2D eigenvalue weighted by atomic mass is 32.1. The van der Waals surface area contributed by atoms with Crippen LogP contribution in [0, 0.1) is 6.92 Å². The molecule has 1 aromatic rings. The number of aryl methyl sites for hydroxylation is 1. The summed E-state index contributed by atoms with van der Waals surface area (Å²) in [5.74, 6) is -0.294. The molecule has 1 fully saturated rings. The van der Waals surface area contributed by atoms with E-state index in [-0.39, 0.29) is 5.97 Å². The van der Waals surface area contributed by atoms with Crippen LogP contribution < -0.4 is 5.32 Å². The van der Waals surface area contributed by atoms with Crippen LogP contribution in [-0.4, -0.2) is 36.2 Å². The Labute approximate surface area is 129 Å². The molecular weight excluding hydrogens is 292 g/mol. The molecule has 0 bridgehead atoms. The third-order valence-corrected chi connectivity index (χ3v) is 4.99. The van der Waals surface area contributed by atoms with Crippen LogP contribution in [0.2, 0.25) is 0 Å². The Hall–Kier alpha value is -1.14. The van der Waals surface area contributed by atoms with Crippen LogP contribution in [0.3, 0.4) is 0 Å². The Kier molecular flexibility index (Phi) is 4.99. The van der Waals surface area contributed by atoms with Crippen LogP contribution in [0.1, 0.15) is 40.6 Å². The van der Waals surface area contributed by atoms with Gasteiger partial charge in [0.05, 0.1) is 12.7 Å². The zero-order valence-corrected chi connectivity index (χ0v) is 13.7. The zero-order chi connectivity index (χ0) is 14.7. The van der Waals surface area contributed by atoms with Crippen molar-refractivity contribution in [3.8, 4) is 0 Å². The van der Waals surface area contributed by atoms with Gasteiger partial charge in [-0.25, -0.2) is 4.79 Å². The van der Waals surface area contributed by atoms with Crippen molar-refractivity contribution in [3.63, 3.8) is 0 Å². The van der Waals surface area contributed by atoms with Crippen molar-refractivity contribution in [2.45, 2.75) is 33.1 Å². The third-order valence-electron chi connectivity index (χ3n) is 3.57. The smallest absolute Gasteiger partial charge is 0.341 e. The number of carbonyl (C=O) groups excluding carboxylic acids is 1. The minimum Gasteiger partial charge on any atom is -0.465 e. The fourth-order valence-corrected chi connectivity index (χ4v) is 3.99. The number of esters is 1. The Morgan fingerprint density at radius 3 is 2.65 bits per heavy atom. The van der Waals surface area contributed by atoms with Crippen LogP contribution in [0.15, 0.2) is 0 Å². The van der Waals surface area contributed by atoms with Crippen molar-refractivity contribution in [1.82, 2.24) is 4.90 Å². The summed E-state index contributed by atoms with van der Waals surface area (Å²) in [7, 11) is 1.41. The maximum Gasteiger partial charge on any atom is 0.341 e. The number of anilines is 1. The SMILES string of the molecule is CCc1c(C)sc(NC(=S)N2CCCC2)c1C(=O)OC. The molecule has 20 heavy (non-hydrogen) atoms. The second kappa shape index (κ2) is 6.54. The monoisotopic (exact) mass is 312 g/mol. The number of ether oxygens (including phenoxy) is 1. The van der Waals surface area contributed by atoms with E-state index in [4.69, 9.17) is 17.0 Å². The summed E-state index contributed by atoms with van der Waals surface area (Å²) in [6, 6.07) is 0. The van der Waals surface area contributed by atoms with Gasteiger partial charge >= 0.3 is 5.97 Å². The van der Waals surface area contributed by atoms with Crippen molar-refractivity contribution >= 4 is 39.6 Å². The van der Waals surface area contributed by atoms with E-state index in [2.05, 4.69) is 10.2 Å². The average molecular weight is 312 g/mol. The lowest BCUT2D eigenvalue weighted by Crippen LogP contribution is -2.32. The zero-order valence-electron chi connectivity index (χ0n) is 12.1. The summed E-state index contributed by atoms with van der Waals surface area (Å²) in [5, 5.41) is 4.75. The molecule has 4 nitrogen and oxygen atoms in total. The van der Waals surface area contributed by atoms with Gasteiger partial charge in [-0.3, -0.25) is 0 Å². The Morgan fingerprint density at radius 2 is 2.10 bits per heavy atom. The number of carbonyl (C=O) groups is 1. The molecule has 0 spiro atoms. The first-order chi connectivity index (χ1) is 9.58. The molecule has 6 heteroatoms. The number of nitrogens with zero attached hydrogens (tertiary/aromatic N) is 1. The minimum absolute atomic E-state index is 0.294. The normalized spacial score (nSPS) is 14.4. The molecule has 0 amide bonds. The molecule has 2 heterocycles. The van der Waals surface area contributed by atoms with Crippen LogP contribution >= 0.6 is 23.6 Å². The lowest BCUT2D eigenvalue weighted by molar-refractivity contribution is 0.0601. The Morgan fingerprint density at radius 1 is 1.45 bits per heavy atom. The predicted octanol–water partition coefficient (Wildman–Crippen LogP) is 3.20. The standard InChI is InChI=1S/C14H20N2O2S2/c1-4-10-9(2)20-12(11(10)13(17)18-3)15-14(19)16-7-5-6-8-16/h4-8H2,1-3H3,(H,15,19). The van der Waals surface area contributed by atoms with E-state index in [1.54, 1.807) is 11.3 Å². The van der Waals surface area contributed by atoms with E-state index >= 15 is 0 Å². The highest BCUT2D eigenvalue weighted by Crippen LogP contribution is 2.34. The van der Waals surface area contributed by atoms with E-state index in [1.165, 1.54) is 20.0 Å². The van der Waals surface area contributed by atoms with Crippen LogP contribution in [0.5, 0.6) is 0 Å². The molecule has 1 aliphatic rings. The molecule has 1 saturated heterocycles. The minimum atomic E-state index is -0.294. The lowest BCUT2D eigenvalue weighted by Gasteiger charge is -2.19. The number of nitrogens with one attached hydrogen (secondary N) is 1. The van der Waals surface area contributed by atoms with Crippen molar-refractivity contribution in [3.05, 3.63) is 16.0 Å². The van der Waals surface area contributed by atoms with Crippen LogP contribution in [-0.2, 0) is 11.2 Å². The summed E-state index contributed by atoms with van der Waals surface area (Å²) in [4.78, 5) is 15.3. The fraction of sp³-hybridized carbons (Fsp3) is 0.571. The van der Waals surface area contributed by atoms with Gasteiger partial charge in [-0.05, 0) is 44.0 Å². The molecule has 0 unspecified atom stereocenters. The van der Waals surface area contributed by atoms with Gasteiger partial charge in [-0.1, -0.05) is 6.92 Å². The van der Waals surface area contributed by atoms with Gasteiger partial charge in [0.2, 0.25) is 0 Å². The van der Waals surface area contributed by atoms with E-state index in [0.717, 1.165) is 35.0 Å². The lowest BCUT2D eigenvalue weighted by atomic mass is 10.1. The van der Waals surface area contributed by atoms with Crippen molar-refractivity contribution in [2.24, 2.45) is 0 Å². The van der Waals surface area contributed by atoms with E-state index in [1.807, 2.05) is 13.8 Å². The van der Waals surface area contributed by atoms with Crippen molar-refractivity contribution in [2.75, 3.05) is 25.5 Å². The van der Waals surface area contributed by atoms with Crippen LogP contribution in [0.4, 0.5) is 5.00 Å². The number of likely N-dealkylation sites (tertiary alicyclic amines) is 1. The van der Waals surface area contributed by atoms with Gasteiger partial charge in [0.15, 0.2) is 5.11 Å². The van der Waals surface area contributed by atoms with E-state index in [0.29, 0.717) is 10.7 Å². The molecule has 1 N–H and O–H groups in total. The first-order valence-electron chi connectivity index (χ1n) is 6.85. The molecule has 0 radical (unpaired) electrons. The van der Waals surface area contributed by atoms with E-state index < -0.39 is 0 Å². The molecule has 1 aromatic heterocycles. The van der Waals surface area contributed by atoms with Crippen molar-refractivity contribution < 1.29 is 9.53 Å². The number of thiophene rings is 1. The molecule has 2 rings (SSSR count). The first kappa shape index (κ1) is 15.3. The second-order valence-corrected chi connectivity index (χ2v) is 6.42. The molecule has 0 atom stereocenters. The van der Waals surface area contributed by atoms with Gasteiger partial charge in [0.25, 0.3) is 0 Å². The Bertz CT molecular complexity index is 519. The molecule has 0 saturated carbocycles. The highest BCUT2D eigenvalue weighted by Gasteiger charge is 2.24. The number of hydrogen-bond acceptors (Lipinski definition) is 4. The number of rotatable bonds is 3. The largest absolute Gasteiger partial charge is 0.465 e. The summed E-state index contributed by atoms with van der Waals surface area (Å²) >= 11 is 7.01. The molecule has 0 aromatic carbocycles. The molecule has 0 aliphatic carbocycles. The van der Waals surface area contributed by atoms with E-state index in [9.17, 15) is 4.79 Å². The van der Waals surface area contributed by atoms with Gasteiger partial charge < -0.3 is 15.0 Å². The van der Waals surface area contributed by atoms with Gasteiger partial charge in [0.1, 0.15) is 5.00 Å².